The molecule has 0 saturated carbocycles. The molecule has 1 atom stereocenters. The number of hydrogen-bond donors (Lipinski definition) is 0. The molecule has 2 aliphatic heterocycles. The maximum atomic E-state index is 13.3. The maximum Gasteiger partial charge on any atom is 0.161 e. The molecule has 0 aromatic heterocycles. The lowest BCUT2D eigenvalue weighted by atomic mass is 10.1. The van der Waals surface area contributed by atoms with Crippen LogP contribution in [0.25, 0.3) is 0 Å². The third kappa shape index (κ3) is 2.37. The zero-order valence-electron chi connectivity index (χ0n) is 11.2. The average molecular weight is 262 g/mol. The van der Waals surface area contributed by atoms with Crippen LogP contribution >= 0.6 is 0 Å². The highest BCUT2D eigenvalue weighted by Crippen LogP contribution is 2.28. The van der Waals surface area contributed by atoms with Crippen molar-refractivity contribution in [2.45, 2.75) is 25.8 Å². The molecule has 3 nitrogen and oxygen atoms in total. The number of halogens is 1. The maximum absolute atomic E-state index is 13.3. The van der Waals surface area contributed by atoms with Gasteiger partial charge in [0, 0.05) is 36.9 Å². The fourth-order valence-electron chi connectivity index (χ4n) is 3.28. The van der Waals surface area contributed by atoms with Crippen molar-refractivity contribution in [1.29, 1.82) is 0 Å². The highest BCUT2D eigenvalue weighted by Gasteiger charge is 2.31. The van der Waals surface area contributed by atoms with Crippen LogP contribution < -0.4 is 4.90 Å². The number of carbonyl (C=O) groups excluding carboxylic acids is 1. The quantitative estimate of drug-likeness (QED) is 0.764. The van der Waals surface area contributed by atoms with Crippen LogP contribution in [0.1, 0.15) is 30.1 Å². The van der Waals surface area contributed by atoms with Crippen LogP contribution in [0.3, 0.4) is 0 Å². The van der Waals surface area contributed by atoms with Crippen molar-refractivity contribution in [2.75, 3.05) is 31.1 Å². The van der Waals surface area contributed by atoms with Gasteiger partial charge in [-0.15, -0.1) is 0 Å². The highest BCUT2D eigenvalue weighted by molar-refractivity contribution is 5.99. The number of hydrogen-bond acceptors (Lipinski definition) is 3. The highest BCUT2D eigenvalue weighted by atomic mass is 19.1. The van der Waals surface area contributed by atoms with E-state index in [1.54, 1.807) is 6.07 Å². The minimum absolute atomic E-state index is 0.0663. The van der Waals surface area contributed by atoms with E-state index in [1.165, 1.54) is 38.4 Å². The monoisotopic (exact) mass is 262 g/mol. The number of rotatable bonds is 2. The van der Waals surface area contributed by atoms with Gasteiger partial charge in [0.05, 0.1) is 0 Å². The molecule has 0 amide bonds. The number of benzene rings is 1. The summed E-state index contributed by atoms with van der Waals surface area (Å²) in [6.07, 6.45) is 2.49. The molecule has 3 rings (SSSR count). The van der Waals surface area contributed by atoms with Crippen molar-refractivity contribution < 1.29 is 9.18 Å². The van der Waals surface area contributed by atoms with Crippen LogP contribution in [-0.4, -0.2) is 42.9 Å². The first-order valence-corrected chi connectivity index (χ1v) is 6.94. The Morgan fingerprint density at radius 1 is 1.32 bits per heavy atom. The van der Waals surface area contributed by atoms with Crippen LogP contribution in [0.5, 0.6) is 0 Å². The molecule has 0 radical (unpaired) electrons. The summed E-state index contributed by atoms with van der Waals surface area (Å²) in [5, 5.41) is 0. The largest absolute Gasteiger partial charge is 0.368 e. The molecule has 2 saturated heterocycles. The van der Waals surface area contributed by atoms with Crippen molar-refractivity contribution in [3.63, 3.8) is 0 Å². The van der Waals surface area contributed by atoms with Crippen LogP contribution in [0, 0.1) is 5.82 Å². The third-order valence-electron chi connectivity index (χ3n) is 4.27. The van der Waals surface area contributed by atoms with Crippen molar-refractivity contribution >= 4 is 11.5 Å². The van der Waals surface area contributed by atoms with Gasteiger partial charge < -0.3 is 4.90 Å². The van der Waals surface area contributed by atoms with E-state index in [0.717, 1.165) is 25.3 Å². The van der Waals surface area contributed by atoms with Gasteiger partial charge in [0.1, 0.15) is 5.82 Å². The molecule has 2 fully saturated rings. The Balaban J connectivity index is 1.87. The van der Waals surface area contributed by atoms with Gasteiger partial charge in [-0.1, -0.05) is 0 Å². The fraction of sp³-hybridized carbons (Fsp3) is 0.533. The van der Waals surface area contributed by atoms with Crippen LogP contribution in [-0.2, 0) is 0 Å². The zero-order valence-corrected chi connectivity index (χ0v) is 11.2. The number of anilines is 1. The van der Waals surface area contributed by atoms with Gasteiger partial charge in [-0.05, 0) is 44.5 Å². The molecule has 19 heavy (non-hydrogen) atoms. The third-order valence-corrected chi connectivity index (χ3v) is 4.27. The summed E-state index contributed by atoms with van der Waals surface area (Å²) in [6.45, 7) is 5.61. The van der Waals surface area contributed by atoms with Crippen molar-refractivity contribution in [2.24, 2.45) is 0 Å². The van der Waals surface area contributed by atoms with E-state index < -0.39 is 0 Å². The van der Waals surface area contributed by atoms with Gasteiger partial charge in [0.2, 0.25) is 0 Å². The number of ketones is 1. The Morgan fingerprint density at radius 2 is 2.16 bits per heavy atom. The molecule has 1 aromatic rings. The average Bonchev–Trinajstić information content (AvgIpc) is 2.85. The fourth-order valence-corrected chi connectivity index (χ4v) is 3.28. The second-order valence-electron chi connectivity index (χ2n) is 5.50. The van der Waals surface area contributed by atoms with E-state index in [2.05, 4.69) is 9.80 Å². The number of Topliss-reactive ketones (excluding diaryl/α,β-unsaturated/α-hetero) is 1. The Labute approximate surface area is 113 Å². The molecular weight excluding hydrogens is 243 g/mol. The van der Waals surface area contributed by atoms with Crippen molar-refractivity contribution in [3.8, 4) is 0 Å². The van der Waals surface area contributed by atoms with Crippen LogP contribution in [0.2, 0.25) is 0 Å². The standard InChI is InChI=1S/C15H19FN2O/c1-11(19)14-9-12(16)4-5-15(14)18-8-7-17-6-2-3-13(17)10-18/h4-5,9,13H,2-3,6-8,10H2,1H3. The molecule has 2 heterocycles. The van der Waals surface area contributed by atoms with Crippen molar-refractivity contribution in [1.82, 2.24) is 4.90 Å². The number of nitrogens with zero attached hydrogens (tertiary/aromatic N) is 2. The number of fused-ring (bicyclic) bond motifs is 1. The number of carbonyl (C=O) groups is 1. The molecule has 0 aliphatic carbocycles. The molecule has 4 heteroatoms. The molecule has 0 N–H and O–H groups in total. The van der Waals surface area contributed by atoms with Gasteiger partial charge in [-0.3, -0.25) is 9.69 Å². The zero-order chi connectivity index (χ0) is 13.4. The summed E-state index contributed by atoms with van der Waals surface area (Å²) in [4.78, 5) is 16.4. The van der Waals surface area contributed by atoms with Gasteiger partial charge >= 0.3 is 0 Å². The topological polar surface area (TPSA) is 23.6 Å². The molecule has 1 unspecified atom stereocenters. The molecule has 0 spiro atoms. The van der Waals surface area contributed by atoms with E-state index in [1.807, 2.05) is 0 Å². The van der Waals surface area contributed by atoms with E-state index in [4.69, 9.17) is 0 Å². The summed E-state index contributed by atoms with van der Waals surface area (Å²) in [7, 11) is 0. The Hall–Kier alpha value is -1.42. The first-order valence-electron chi connectivity index (χ1n) is 6.94. The predicted molar refractivity (Wildman–Crippen MR) is 73.2 cm³/mol. The van der Waals surface area contributed by atoms with E-state index >= 15 is 0 Å². The summed E-state index contributed by atoms with van der Waals surface area (Å²) in [5.41, 5.74) is 1.40. The summed E-state index contributed by atoms with van der Waals surface area (Å²) >= 11 is 0. The van der Waals surface area contributed by atoms with Gasteiger partial charge in [0.25, 0.3) is 0 Å². The second kappa shape index (κ2) is 4.93. The second-order valence-corrected chi connectivity index (χ2v) is 5.50. The predicted octanol–water partition coefficient (Wildman–Crippen LogP) is 2.31. The smallest absolute Gasteiger partial charge is 0.161 e. The van der Waals surface area contributed by atoms with Crippen LogP contribution in [0.15, 0.2) is 18.2 Å². The van der Waals surface area contributed by atoms with E-state index in [9.17, 15) is 9.18 Å². The lowest BCUT2D eigenvalue weighted by molar-refractivity contribution is 0.101. The SMILES string of the molecule is CC(=O)c1cc(F)ccc1N1CCN2CCCC2C1. The molecule has 102 valence electrons. The number of piperazine rings is 1. The van der Waals surface area contributed by atoms with Crippen molar-refractivity contribution in [3.05, 3.63) is 29.6 Å². The van der Waals surface area contributed by atoms with E-state index in [0.29, 0.717) is 11.6 Å². The van der Waals surface area contributed by atoms with Gasteiger partial charge in [-0.2, -0.15) is 0 Å². The molecular formula is C15H19FN2O. The molecule has 0 bridgehead atoms. The first kappa shape index (κ1) is 12.6. The Kier molecular flexibility index (Phi) is 3.27. The lowest BCUT2D eigenvalue weighted by Gasteiger charge is -2.39. The minimum Gasteiger partial charge on any atom is -0.368 e. The van der Waals surface area contributed by atoms with Crippen LogP contribution in [0.4, 0.5) is 10.1 Å². The lowest BCUT2D eigenvalue weighted by Crippen LogP contribution is -2.50. The molecule has 2 aliphatic rings. The first-order chi connectivity index (χ1) is 9.15. The Bertz CT molecular complexity index is 503. The normalized spacial score (nSPS) is 23.5. The Morgan fingerprint density at radius 3 is 2.95 bits per heavy atom. The van der Waals surface area contributed by atoms with E-state index in [-0.39, 0.29) is 11.6 Å². The molecule has 1 aromatic carbocycles. The summed E-state index contributed by atoms with van der Waals surface area (Å²) < 4.78 is 13.3. The van der Waals surface area contributed by atoms with Gasteiger partial charge in [-0.25, -0.2) is 4.39 Å². The summed E-state index contributed by atoms with van der Waals surface area (Å²) in [5.74, 6) is -0.406. The summed E-state index contributed by atoms with van der Waals surface area (Å²) in [6, 6.07) is 5.15. The minimum atomic E-state index is -0.339. The van der Waals surface area contributed by atoms with Gasteiger partial charge in [0.15, 0.2) is 5.78 Å².